The Morgan fingerprint density at radius 1 is 1.00 bits per heavy atom. The van der Waals surface area contributed by atoms with Gasteiger partial charge in [-0.2, -0.15) is 13.2 Å². The Kier molecular flexibility index (Phi) is 6.06. The molecule has 0 bridgehead atoms. The van der Waals surface area contributed by atoms with Gasteiger partial charge in [-0.3, -0.25) is 9.59 Å². The molecular formula is C24H18F4N4O2. The maximum absolute atomic E-state index is 13.7. The van der Waals surface area contributed by atoms with Crippen molar-refractivity contribution in [2.45, 2.75) is 19.6 Å². The Balaban J connectivity index is 1.72. The number of rotatable bonds is 5. The predicted molar refractivity (Wildman–Crippen MR) is 119 cm³/mol. The lowest BCUT2D eigenvalue weighted by Crippen LogP contribution is -2.18. The molecule has 10 heteroatoms. The van der Waals surface area contributed by atoms with Crippen molar-refractivity contribution in [3.05, 3.63) is 89.5 Å². The maximum Gasteiger partial charge on any atom is 0.416 e. The highest BCUT2D eigenvalue weighted by Gasteiger charge is 2.31. The molecule has 2 aromatic carbocycles. The van der Waals surface area contributed by atoms with Crippen LogP contribution in [0, 0.1) is 5.82 Å². The molecule has 2 heterocycles. The lowest BCUT2D eigenvalue weighted by atomic mass is 10.1. The topological polar surface area (TPSA) is 76.0 Å². The van der Waals surface area contributed by atoms with Gasteiger partial charge in [0.05, 0.1) is 17.4 Å². The quantitative estimate of drug-likeness (QED) is 0.381. The van der Waals surface area contributed by atoms with Crippen molar-refractivity contribution in [1.82, 2.24) is 9.55 Å². The molecule has 0 unspecified atom stereocenters. The number of benzene rings is 2. The largest absolute Gasteiger partial charge is 0.416 e. The van der Waals surface area contributed by atoms with E-state index >= 15 is 0 Å². The molecule has 0 saturated carbocycles. The van der Waals surface area contributed by atoms with Gasteiger partial charge in [-0.25, -0.2) is 9.37 Å². The molecule has 2 amide bonds. The molecule has 6 nitrogen and oxygen atoms in total. The highest BCUT2D eigenvalue weighted by Crippen LogP contribution is 2.33. The summed E-state index contributed by atoms with van der Waals surface area (Å²) in [6.07, 6.45) is -3.23. The summed E-state index contributed by atoms with van der Waals surface area (Å²) in [5.41, 5.74) is 0.208. The average Bonchev–Trinajstić information content (AvgIpc) is 3.12. The number of anilines is 2. The second-order valence-corrected chi connectivity index (χ2v) is 7.58. The third kappa shape index (κ3) is 5.06. The molecule has 34 heavy (non-hydrogen) atoms. The molecule has 0 fully saturated rings. The standard InChI is InChI=1S/C24H18F4N4O2/c1-14(33)30-22-8-7-19(12-29-22)31-23(34)21-10-16-5-6-17(24(26,27)28)11-20(16)32(21)13-15-3-2-4-18(25)9-15/h2-12H,13H2,1H3,(H,31,34)(H,29,30,33). The molecule has 0 aliphatic carbocycles. The van der Waals surface area contributed by atoms with E-state index in [0.717, 1.165) is 12.1 Å². The zero-order chi connectivity index (χ0) is 24.5. The van der Waals surface area contributed by atoms with Gasteiger partial charge < -0.3 is 15.2 Å². The van der Waals surface area contributed by atoms with Crippen molar-refractivity contribution in [3.8, 4) is 0 Å². The summed E-state index contributed by atoms with van der Waals surface area (Å²) < 4.78 is 55.1. The summed E-state index contributed by atoms with van der Waals surface area (Å²) in [4.78, 5) is 28.2. The van der Waals surface area contributed by atoms with E-state index in [0.29, 0.717) is 22.5 Å². The highest BCUT2D eigenvalue weighted by molar-refractivity contribution is 6.06. The first-order valence-corrected chi connectivity index (χ1v) is 10.1. The Hall–Kier alpha value is -4.21. The minimum Gasteiger partial charge on any atom is -0.332 e. The number of pyridine rings is 1. The molecule has 0 aliphatic heterocycles. The minimum absolute atomic E-state index is 0.0228. The number of nitrogens with zero attached hydrogens (tertiary/aromatic N) is 2. The number of nitrogens with one attached hydrogen (secondary N) is 2. The second kappa shape index (κ2) is 8.97. The third-order valence-corrected chi connectivity index (χ3v) is 5.02. The first-order valence-electron chi connectivity index (χ1n) is 10.1. The minimum atomic E-state index is -4.56. The smallest absolute Gasteiger partial charge is 0.332 e. The van der Waals surface area contributed by atoms with E-state index in [1.807, 2.05) is 0 Å². The number of halogens is 4. The number of hydrogen-bond donors (Lipinski definition) is 2. The van der Waals surface area contributed by atoms with Gasteiger partial charge in [0.2, 0.25) is 5.91 Å². The monoisotopic (exact) mass is 470 g/mol. The van der Waals surface area contributed by atoms with Crippen molar-refractivity contribution in [2.24, 2.45) is 0 Å². The van der Waals surface area contributed by atoms with Crippen LogP contribution in [0.25, 0.3) is 10.9 Å². The Morgan fingerprint density at radius 3 is 2.44 bits per heavy atom. The van der Waals surface area contributed by atoms with E-state index in [1.54, 1.807) is 6.07 Å². The Labute approximate surface area is 191 Å². The zero-order valence-electron chi connectivity index (χ0n) is 17.8. The van der Waals surface area contributed by atoms with Crippen molar-refractivity contribution < 1.29 is 27.2 Å². The SMILES string of the molecule is CC(=O)Nc1ccc(NC(=O)c2cc3ccc(C(F)(F)F)cc3n2Cc2cccc(F)c2)cn1. The van der Waals surface area contributed by atoms with E-state index in [2.05, 4.69) is 15.6 Å². The van der Waals surface area contributed by atoms with Crippen molar-refractivity contribution in [2.75, 3.05) is 10.6 Å². The molecular weight excluding hydrogens is 452 g/mol. The van der Waals surface area contributed by atoms with E-state index < -0.39 is 23.5 Å². The van der Waals surface area contributed by atoms with Gasteiger partial charge in [-0.05, 0) is 48.0 Å². The van der Waals surface area contributed by atoms with Crippen LogP contribution in [-0.4, -0.2) is 21.4 Å². The van der Waals surface area contributed by atoms with Crippen LogP contribution < -0.4 is 10.6 Å². The maximum atomic E-state index is 13.7. The fourth-order valence-corrected chi connectivity index (χ4v) is 3.52. The molecule has 0 saturated heterocycles. The molecule has 0 aliphatic rings. The average molecular weight is 470 g/mol. The normalized spacial score (nSPS) is 11.4. The summed E-state index contributed by atoms with van der Waals surface area (Å²) in [6, 6.07) is 13.3. The van der Waals surface area contributed by atoms with Crippen molar-refractivity contribution >= 4 is 34.2 Å². The van der Waals surface area contributed by atoms with Gasteiger partial charge in [0, 0.05) is 24.4 Å². The van der Waals surface area contributed by atoms with Crippen LogP contribution in [0.2, 0.25) is 0 Å². The summed E-state index contributed by atoms with van der Waals surface area (Å²) in [6.45, 7) is 1.31. The van der Waals surface area contributed by atoms with Crippen LogP contribution in [0.1, 0.15) is 28.5 Å². The first-order chi connectivity index (χ1) is 16.1. The number of carbonyl (C=O) groups is 2. The number of alkyl halides is 3. The molecule has 0 spiro atoms. The molecule has 4 rings (SSSR count). The molecule has 2 N–H and O–H groups in total. The van der Waals surface area contributed by atoms with E-state index in [1.165, 1.54) is 60.2 Å². The van der Waals surface area contributed by atoms with E-state index in [-0.39, 0.29) is 23.7 Å². The summed E-state index contributed by atoms with van der Waals surface area (Å²) in [5, 5.41) is 5.58. The highest BCUT2D eigenvalue weighted by atomic mass is 19.4. The summed E-state index contributed by atoms with van der Waals surface area (Å²) in [7, 11) is 0. The number of amides is 2. The van der Waals surface area contributed by atoms with Crippen LogP contribution in [0.15, 0.2) is 66.9 Å². The van der Waals surface area contributed by atoms with Gasteiger partial charge >= 0.3 is 6.18 Å². The summed E-state index contributed by atoms with van der Waals surface area (Å²) in [5.74, 6) is -1.09. The van der Waals surface area contributed by atoms with Crippen LogP contribution in [0.5, 0.6) is 0 Å². The number of hydrogen-bond acceptors (Lipinski definition) is 3. The Morgan fingerprint density at radius 2 is 1.79 bits per heavy atom. The van der Waals surface area contributed by atoms with Gasteiger partial charge in [0.25, 0.3) is 5.91 Å². The molecule has 0 radical (unpaired) electrons. The van der Waals surface area contributed by atoms with Gasteiger partial charge in [0.1, 0.15) is 17.3 Å². The van der Waals surface area contributed by atoms with E-state index in [9.17, 15) is 27.2 Å². The number of aromatic nitrogens is 2. The van der Waals surface area contributed by atoms with Crippen LogP contribution in [-0.2, 0) is 17.5 Å². The van der Waals surface area contributed by atoms with Crippen molar-refractivity contribution in [3.63, 3.8) is 0 Å². The second-order valence-electron chi connectivity index (χ2n) is 7.58. The van der Waals surface area contributed by atoms with Gasteiger partial charge in [-0.15, -0.1) is 0 Å². The number of carbonyl (C=O) groups excluding carboxylic acids is 2. The number of fused-ring (bicyclic) bond motifs is 1. The van der Waals surface area contributed by atoms with Crippen molar-refractivity contribution in [1.29, 1.82) is 0 Å². The zero-order valence-corrected chi connectivity index (χ0v) is 17.8. The van der Waals surface area contributed by atoms with E-state index in [4.69, 9.17) is 0 Å². The third-order valence-electron chi connectivity index (χ3n) is 5.02. The van der Waals surface area contributed by atoms with Crippen LogP contribution in [0.3, 0.4) is 0 Å². The van der Waals surface area contributed by atoms with Gasteiger partial charge in [0.15, 0.2) is 0 Å². The lowest BCUT2D eigenvalue weighted by molar-refractivity contribution is -0.137. The fraction of sp³-hybridized carbons (Fsp3) is 0.125. The van der Waals surface area contributed by atoms with Crippen LogP contribution in [0.4, 0.5) is 29.1 Å². The predicted octanol–water partition coefficient (Wildman–Crippen LogP) is 5.45. The molecule has 174 valence electrons. The molecule has 0 atom stereocenters. The Bertz CT molecular complexity index is 1380. The van der Waals surface area contributed by atoms with Crippen LogP contribution >= 0.6 is 0 Å². The molecule has 2 aromatic heterocycles. The molecule has 4 aromatic rings. The summed E-state index contributed by atoms with van der Waals surface area (Å²) >= 11 is 0. The lowest BCUT2D eigenvalue weighted by Gasteiger charge is -2.13. The van der Waals surface area contributed by atoms with Gasteiger partial charge in [-0.1, -0.05) is 18.2 Å². The fourth-order valence-electron chi connectivity index (χ4n) is 3.52. The first kappa shape index (κ1) is 23.0.